The summed E-state index contributed by atoms with van der Waals surface area (Å²) in [7, 11) is 0. The lowest BCUT2D eigenvalue weighted by Gasteiger charge is -2.10. The average molecular weight is 475 g/mol. The fraction of sp³-hybridized carbons (Fsp3) is 0.188. The zero-order valence-corrected chi connectivity index (χ0v) is 20.0. The number of hydrogen-bond donors (Lipinski definition) is 0. The molecule has 36 heavy (non-hydrogen) atoms. The molecular weight excluding hydrogens is 448 g/mol. The van der Waals surface area contributed by atoms with E-state index in [9.17, 15) is 9.59 Å². The molecule has 0 aromatic heterocycles. The molecule has 0 spiro atoms. The van der Waals surface area contributed by atoms with Crippen molar-refractivity contribution < 1.29 is 19.1 Å². The number of rotatable bonds is 7. The fourth-order valence-corrected chi connectivity index (χ4v) is 5.50. The summed E-state index contributed by atoms with van der Waals surface area (Å²) in [6.07, 6.45) is 2.09. The van der Waals surface area contributed by atoms with Gasteiger partial charge in [-0.1, -0.05) is 84.9 Å². The number of benzene rings is 4. The lowest BCUT2D eigenvalue weighted by molar-refractivity contribution is -0.151. The molecule has 0 atom stereocenters. The normalized spacial score (nSPS) is 12.3. The molecule has 0 saturated carbocycles. The van der Waals surface area contributed by atoms with E-state index in [4.69, 9.17) is 9.47 Å². The van der Waals surface area contributed by atoms with Gasteiger partial charge in [0.25, 0.3) is 0 Å². The molecule has 0 amide bonds. The Morgan fingerprint density at radius 1 is 0.528 bits per heavy atom. The van der Waals surface area contributed by atoms with Crippen molar-refractivity contribution in [3.05, 3.63) is 118 Å². The summed E-state index contributed by atoms with van der Waals surface area (Å²) in [5, 5.41) is 0. The van der Waals surface area contributed by atoms with E-state index in [2.05, 4.69) is 36.4 Å². The highest BCUT2D eigenvalue weighted by molar-refractivity contribution is 5.82. The summed E-state index contributed by atoms with van der Waals surface area (Å²) in [6, 6.07) is 28.9. The molecule has 0 N–H and O–H groups in total. The van der Waals surface area contributed by atoms with Gasteiger partial charge in [0, 0.05) is 0 Å². The van der Waals surface area contributed by atoms with Gasteiger partial charge in [0.15, 0.2) is 0 Å². The van der Waals surface area contributed by atoms with E-state index < -0.39 is 0 Å². The van der Waals surface area contributed by atoms with Crippen molar-refractivity contribution >= 4 is 11.9 Å². The molecule has 0 unspecified atom stereocenters. The topological polar surface area (TPSA) is 52.6 Å². The van der Waals surface area contributed by atoms with Gasteiger partial charge >= 0.3 is 11.9 Å². The van der Waals surface area contributed by atoms with Crippen LogP contribution in [0.5, 0.6) is 0 Å². The third-order valence-electron chi connectivity index (χ3n) is 7.17. The van der Waals surface area contributed by atoms with Crippen LogP contribution < -0.4 is 0 Å². The smallest absolute Gasteiger partial charge is 0.310 e. The van der Waals surface area contributed by atoms with Crippen LogP contribution in [0.25, 0.3) is 22.3 Å². The van der Waals surface area contributed by atoms with Gasteiger partial charge in [-0.05, 0) is 68.5 Å². The van der Waals surface area contributed by atoms with Crippen LogP contribution in [0.4, 0.5) is 0 Å². The number of ether oxygens (including phenoxy) is 2. The molecule has 4 aromatic rings. The second-order valence-electron chi connectivity index (χ2n) is 9.35. The minimum Gasteiger partial charge on any atom is -0.462 e. The van der Waals surface area contributed by atoms with E-state index in [0.717, 1.165) is 24.0 Å². The zero-order valence-electron chi connectivity index (χ0n) is 20.0. The van der Waals surface area contributed by atoms with Gasteiger partial charge in [-0.15, -0.1) is 0 Å². The summed E-state index contributed by atoms with van der Waals surface area (Å²) in [6.45, 7) is 0.107. The van der Waals surface area contributed by atoms with Crippen LogP contribution in [0.1, 0.15) is 33.4 Å². The number of fused-ring (bicyclic) bond motifs is 6. The van der Waals surface area contributed by atoms with E-state index in [-0.39, 0.29) is 38.0 Å². The molecule has 2 aliphatic rings. The Morgan fingerprint density at radius 2 is 0.944 bits per heavy atom. The monoisotopic (exact) mass is 474 g/mol. The number of esters is 2. The number of carbonyl (C=O) groups excluding carboxylic acids is 2. The highest BCUT2D eigenvalue weighted by atomic mass is 16.6. The van der Waals surface area contributed by atoms with E-state index in [1.54, 1.807) is 0 Å². The summed E-state index contributed by atoms with van der Waals surface area (Å²) in [5.41, 5.74) is 11.8. The number of hydrogen-bond acceptors (Lipinski definition) is 4. The highest BCUT2D eigenvalue weighted by Gasteiger charge is 2.23. The maximum Gasteiger partial charge on any atom is 0.310 e. The van der Waals surface area contributed by atoms with Crippen LogP contribution in [0, 0.1) is 0 Å². The van der Waals surface area contributed by atoms with Gasteiger partial charge in [-0.25, -0.2) is 0 Å². The molecule has 0 heterocycles. The Bertz CT molecular complexity index is 1370. The van der Waals surface area contributed by atoms with Crippen molar-refractivity contribution in [2.24, 2.45) is 0 Å². The van der Waals surface area contributed by atoms with Crippen molar-refractivity contribution in [1.29, 1.82) is 0 Å². The second-order valence-corrected chi connectivity index (χ2v) is 9.35. The SMILES string of the molecule is O=C(Cc1cccc2c1Cc1ccccc1-2)OCCOC(=O)Cc1cccc2c1Cc1ccccc1-2. The lowest BCUT2D eigenvalue weighted by Crippen LogP contribution is -2.17. The summed E-state index contributed by atoms with van der Waals surface area (Å²) in [5.74, 6) is -0.622. The largest absolute Gasteiger partial charge is 0.462 e. The third kappa shape index (κ3) is 4.20. The van der Waals surface area contributed by atoms with Crippen molar-refractivity contribution in [2.45, 2.75) is 25.7 Å². The van der Waals surface area contributed by atoms with Crippen LogP contribution in [0.2, 0.25) is 0 Å². The Kier molecular flexibility index (Phi) is 5.86. The summed E-state index contributed by atoms with van der Waals surface area (Å²) >= 11 is 0. The summed E-state index contributed by atoms with van der Waals surface area (Å²) in [4.78, 5) is 25.0. The molecule has 6 rings (SSSR count). The molecule has 0 fully saturated rings. The second kappa shape index (κ2) is 9.46. The fourth-order valence-electron chi connectivity index (χ4n) is 5.50. The Morgan fingerprint density at radius 3 is 1.42 bits per heavy atom. The molecule has 2 aliphatic carbocycles. The molecule has 4 aromatic carbocycles. The van der Waals surface area contributed by atoms with E-state index in [1.807, 2.05) is 48.5 Å². The molecule has 4 nitrogen and oxygen atoms in total. The van der Waals surface area contributed by atoms with Crippen LogP contribution in [-0.2, 0) is 44.7 Å². The standard InChI is InChI=1S/C32H26O4/c33-31(19-23-9-5-13-27-25-11-3-1-7-21(25)17-29(23)27)35-15-16-36-32(34)20-24-10-6-14-28-26-12-4-2-8-22(26)18-30(24)28/h1-14H,15-20H2. The molecule has 0 bridgehead atoms. The Balaban J connectivity index is 1.00. The first kappa shape index (κ1) is 22.3. The van der Waals surface area contributed by atoms with Gasteiger partial charge in [0.05, 0.1) is 12.8 Å². The minimum absolute atomic E-state index is 0.0537. The molecular formula is C32H26O4. The van der Waals surface area contributed by atoms with Crippen molar-refractivity contribution in [3.8, 4) is 22.3 Å². The van der Waals surface area contributed by atoms with Gasteiger partial charge in [-0.3, -0.25) is 9.59 Å². The number of carbonyl (C=O) groups is 2. The average Bonchev–Trinajstić information content (AvgIpc) is 3.47. The molecule has 0 radical (unpaired) electrons. The van der Waals surface area contributed by atoms with E-state index in [0.29, 0.717) is 0 Å². The van der Waals surface area contributed by atoms with Crippen molar-refractivity contribution in [2.75, 3.05) is 13.2 Å². The molecule has 0 saturated heterocycles. The predicted molar refractivity (Wildman–Crippen MR) is 139 cm³/mol. The van der Waals surface area contributed by atoms with Gasteiger partial charge < -0.3 is 9.47 Å². The van der Waals surface area contributed by atoms with Crippen LogP contribution in [0.3, 0.4) is 0 Å². The van der Waals surface area contributed by atoms with Crippen molar-refractivity contribution in [1.82, 2.24) is 0 Å². The highest BCUT2D eigenvalue weighted by Crippen LogP contribution is 2.39. The first-order chi connectivity index (χ1) is 17.7. The first-order valence-electron chi connectivity index (χ1n) is 12.4. The minimum atomic E-state index is -0.311. The summed E-state index contributed by atoms with van der Waals surface area (Å²) < 4.78 is 10.8. The first-order valence-corrected chi connectivity index (χ1v) is 12.4. The molecule has 4 heteroatoms. The Hall–Kier alpha value is -4.18. The van der Waals surface area contributed by atoms with Gasteiger partial charge in [-0.2, -0.15) is 0 Å². The third-order valence-corrected chi connectivity index (χ3v) is 7.17. The van der Waals surface area contributed by atoms with Crippen molar-refractivity contribution in [3.63, 3.8) is 0 Å². The van der Waals surface area contributed by atoms with Crippen LogP contribution in [-0.4, -0.2) is 25.2 Å². The van der Waals surface area contributed by atoms with E-state index in [1.165, 1.54) is 44.5 Å². The quantitative estimate of drug-likeness (QED) is 0.220. The zero-order chi connectivity index (χ0) is 24.5. The maximum atomic E-state index is 12.5. The van der Waals surface area contributed by atoms with Gasteiger partial charge in [0.2, 0.25) is 0 Å². The maximum absolute atomic E-state index is 12.5. The van der Waals surface area contributed by atoms with Crippen LogP contribution in [0.15, 0.2) is 84.9 Å². The van der Waals surface area contributed by atoms with Crippen LogP contribution >= 0.6 is 0 Å². The van der Waals surface area contributed by atoms with E-state index >= 15 is 0 Å². The predicted octanol–water partition coefficient (Wildman–Crippen LogP) is 5.70. The Labute approximate surface area is 210 Å². The lowest BCUT2D eigenvalue weighted by atomic mass is 9.99. The molecule has 178 valence electrons. The molecule has 0 aliphatic heterocycles. The van der Waals surface area contributed by atoms with Gasteiger partial charge in [0.1, 0.15) is 13.2 Å².